The van der Waals surface area contributed by atoms with Crippen molar-refractivity contribution >= 4 is 0 Å². The van der Waals surface area contributed by atoms with Crippen molar-refractivity contribution in [2.24, 2.45) is 5.73 Å². The summed E-state index contributed by atoms with van der Waals surface area (Å²) >= 11 is 0. The Morgan fingerprint density at radius 1 is 1.50 bits per heavy atom. The molecule has 0 saturated heterocycles. The third-order valence-electron chi connectivity index (χ3n) is 2.77. The molecule has 2 rings (SSSR count). The molecule has 6 heteroatoms. The topological polar surface area (TPSA) is 98.1 Å². The van der Waals surface area contributed by atoms with Crippen LogP contribution in [0.15, 0.2) is 23.0 Å². The summed E-state index contributed by atoms with van der Waals surface area (Å²) in [6.45, 7) is 3.61. The predicted molar refractivity (Wildman–Crippen MR) is 65.5 cm³/mol. The van der Waals surface area contributed by atoms with Crippen LogP contribution in [0.1, 0.15) is 31.3 Å². The van der Waals surface area contributed by atoms with Crippen molar-refractivity contribution in [2.45, 2.75) is 32.4 Å². The van der Waals surface area contributed by atoms with Crippen LogP contribution in [0.2, 0.25) is 0 Å². The zero-order valence-electron chi connectivity index (χ0n) is 10.4. The highest BCUT2D eigenvalue weighted by Crippen LogP contribution is 2.22. The second-order valence-electron chi connectivity index (χ2n) is 4.11. The molecule has 0 saturated carbocycles. The quantitative estimate of drug-likeness (QED) is 0.840. The number of nitrogens with two attached hydrogens (primary N) is 1. The van der Waals surface area contributed by atoms with Gasteiger partial charge in [0.25, 0.3) is 0 Å². The van der Waals surface area contributed by atoms with Gasteiger partial charge < -0.3 is 15.4 Å². The van der Waals surface area contributed by atoms with Crippen molar-refractivity contribution in [1.29, 1.82) is 0 Å². The van der Waals surface area contributed by atoms with E-state index >= 15 is 0 Å². The second-order valence-corrected chi connectivity index (χ2v) is 4.11. The van der Waals surface area contributed by atoms with Gasteiger partial charge in [0.2, 0.25) is 11.7 Å². The minimum Gasteiger partial charge on any atom is -0.391 e. The molecule has 2 aromatic rings. The minimum atomic E-state index is -0.735. The third kappa shape index (κ3) is 2.39. The fourth-order valence-electron chi connectivity index (χ4n) is 1.61. The Morgan fingerprint density at radius 3 is 2.94 bits per heavy atom. The number of aliphatic hydroxyl groups excluding tert-OH is 1. The van der Waals surface area contributed by atoms with Crippen LogP contribution in [0, 0.1) is 0 Å². The van der Waals surface area contributed by atoms with Crippen molar-refractivity contribution < 1.29 is 9.63 Å². The number of aryl methyl sites for hydroxylation is 1. The number of nitrogens with zero attached hydrogens (tertiary/aromatic N) is 3. The van der Waals surface area contributed by atoms with Gasteiger partial charge in [-0.05, 0) is 25.0 Å². The van der Waals surface area contributed by atoms with Gasteiger partial charge in [-0.1, -0.05) is 12.1 Å². The number of pyridine rings is 1. The molecule has 6 nitrogen and oxygen atoms in total. The van der Waals surface area contributed by atoms with Gasteiger partial charge >= 0.3 is 0 Å². The fraction of sp³-hybridized carbons (Fsp3) is 0.417. The van der Waals surface area contributed by atoms with Crippen LogP contribution in [0.5, 0.6) is 0 Å². The fourth-order valence-corrected chi connectivity index (χ4v) is 1.61. The number of hydrogen-bond donors (Lipinski definition) is 2. The van der Waals surface area contributed by atoms with Crippen LogP contribution < -0.4 is 5.73 Å². The highest BCUT2D eigenvalue weighted by molar-refractivity contribution is 5.58. The van der Waals surface area contributed by atoms with E-state index in [1.807, 2.05) is 13.0 Å². The van der Waals surface area contributed by atoms with Crippen molar-refractivity contribution in [3.63, 3.8) is 0 Å². The Labute approximate surface area is 105 Å². The first-order valence-corrected chi connectivity index (χ1v) is 5.84. The number of aromatic nitrogens is 3. The third-order valence-corrected chi connectivity index (χ3v) is 2.77. The molecular formula is C12H16N4O2. The molecule has 0 aliphatic carbocycles. The lowest BCUT2D eigenvalue weighted by atomic mass is 10.1. The normalized spacial score (nSPS) is 14.4. The van der Waals surface area contributed by atoms with Gasteiger partial charge in [0.05, 0.1) is 6.10 Å². The SMILES string of the molecule is CCc1cnccc1-c1noc([C@@H](N)[C@@H](C)O)n1. The monoisotopic (exact) mass is 248 g/mol. The molecule has 0 bridgehead atoms. The zero-order valence-corrected chi connectivity index (χ0v) is 10.4. The standard InChI is InChI=1S/C12H16N4O2/c1-3-8-6-14-5-4-9(8)11-15-12(18-16-11)10(13)7(2)17/h4-7,10,17H,3,13H2,1-2H3/t7-,10+/m1/s1. The van der Waals surface area contributed by atoms with Crippen molar-refractivity contribution in [3.8, 4) is 11.4 Å². The van der Waals surface area contributed by atoms with Gasteiger partial charge in [0, 0.05) is 18.0 Å². The van der Waals surface area contributed by atoms with E-state index in [4.69, 9.17) is 10.3 Å². The van der Waals surface area contributed by atoms with Gasteiger partial charge in [-0.25, -0.2) is 0 Å². The molecule has 96 valence electrons. The molecule has 3 N–H and O–H groups in total. The molecule has 0 amide bonds. The second kappa shape index (κ2) is 5.24. The highest BCUT2D eigenvalue weighted by Gasteiger charge is 2.20. The molecular weight excluding hydrogens is 232 g/mol. The van der Waals surface area contributed by atoms with Gasteiger partial charge in [0.15, 0.2) is 0 Å². The van der Waals surface area contributed by atoms with E-state index in [0.717, 1.165) is 17.5 Å². The van der Waals surface area contributed by atoms with E-state index in [1.54, 1.807) is 19.3 Å². The Hall–Kier alpha value is -1.79. The molecule has 2 heterocycles. The van der Waals surface area contributed by atoms with E-state index in [-0.39, 0.29) is 5.89 Å². The summed E-state index contributed by atoms with van der Waals surface area (Å²) in [4.78, 5) is 8.28. The van der Waals surface area contributed by atoms with E-state index in [9.17, 15) is 5.11 Å². The van der Waals surface area contributed by atoms with Crippen LogP contribution in [-0.4, -0.2) is 26.3 Å². The van der Waals surface area contributed by atoms with Crippen molar-refractivity contribution in [2.75, 3.05) is 0 Å². The van der Waals surface area contributed by atoms with E-state index in [0.29, 0.717) is 5.82 Å². The average molecular weight is 248 g/mol. The number of rotatable bonds is 4. The summed E-state index contributed by atoms with van der Waals surface area (Å²) in [6, 6.07) is 1.17. The predicted octanol–water partition coefficient (Wildman–Crippen LogP) is 1.07. The van der Waals surface area contributed by atoms with E-state index < -0.39 is 12.1 Å². The average Bonchev–Trinajstić information content (AvgIpc) is 2.87. The summed E-state index contributed by atoms with van der Waals surface area (Å²) in [7, 11) is 0. The lowest BCUT2D eigenvalue weighted by Crippen LogP contribution is -2.23. The molecule has 0 aliphatic heterocycles. The number of aliphatic hydroxyl groups is 1. The van der Waals surface area contributed by atoms with Gasteiger partial charge in [-0.2, -0.15) is 4.98 Å². The summed E-state index contributed by atoms with van der Waals surface area (Å²) in [6.07, 6.45) is 3.55. The smallest absolute Gasteiger partial charge is 0.246 e. The van der Waals surface area contributed by atoms with E-state index in [1.165, 1.54) is 0 Å². The zero-order chi connectivity index (χ0) is 13.1. The lowest BCUT2D eigenvalue weighted by molar-refractivity contribution is 0.146. The molecule has 0 unspecified atom stereocenters. The van der Waals surface area contributed by atoms with Crippen molar-refractivity contribution in [1.82, 2.24) is 15.1 Å². The summed E-state index contributed by atoms with van der Waals surface area (Å²) in [5, 5.41) is 13.3. The maximum absolute atomic E-state index is 9.39. The Morgan fingerprint density at radius 2 is 2.28 bits per heavy atom. The molecule has 0 aromatic carbocycles. The summed E-state index contributed by atoms with van der Waals surface area (Å²) in [5.41, 5.74) is 7.65. The molecule has 0 radical (unpaired) electrons. The van der Waals surface area contributed by atoms with Gasteiger partial charge in [-0.15, -0.1) is 0 Å². The van der Waals surface area contributed by atoms with Crippen LogP contribution in [0.25, 0.3) is 11.4 Å². The first-order valence-electron chi connectivity index (χ1n) is 5.84. The summed E-state index contributed by atoms with van der Waals surface area (Å²) < 4.78 is 5.08. The Kier molecular flexibility index (Phi) is 3.69. The van der Waals surface area contributed by atoms with Gasteiger partial charge in [0.1, 0.15) is 6.04 Å². The first-order chi connectivity index (χ1) is 8.63. The maximum atomic E-state index is 9.39. The molecule has 0 fully saturated rings. The number of hydrogen-bond acceptors (Lipinski definition) is 6. The van der Waals surface area contributed by atoms with Gasteiger partial charge in [-0.3, -0.25) is 4.98 Å². The highest BCUT2D eigenvalue weighted by atomic mass is 16.5. The largest absolute Gasteiger partial charge is 0.391 e. The van der Waals surface area contributed by atoms with Crippen molar-refractivity contribution in [3.05, 3.63) is 29.9 Å². The van der Waals surface area contributed by atoms with Crippen LogP contribution >= 0.6 is 0 Å². The molecule has 2 atom stereocenters. The minimum absolute atomic E-state index is 0.235. The summed E-state index contributed by atoms with van der Waals surface area (Å²) in [5.74, 6) is 0.708. The molecule has 0 aliphatic rings. The Balaban J connectivity index is 2.35. The van der Waals surface area contributed by atoms with Crippen LogP contribution in [0.4, 0.5) is 0 Å². The molecule has 18 heavy (non-hydrogen) atoms. The maximum Gasteiger partial charge on any atom is 0.246 e. The van der Waals surface area contributed by atoms with Crippen LogP contribution in [0.3, 0.4) is 0 Å². The van der Waals surface area contributed by atoms with Crippen LogP contribution in [-0.2, 0) is 6.42 Å². The lowest BCUT2D eigenvalue weighted by Gasteiger charge is -2.08. The first kappa shape index (κ1) is 12.7. The Bertz CT molecular complexity index is 524. The molecule has 2 aromatic heterocycles. The molecule has 0 spiro atoms. The van der Waals surface area contributed by atoms with E-state index in [2.05, 4.69) is 15.1 Å².